The van der Waals surface area contributed by atoms with Crippen molar-refractivity contribution in [3.63, 3.8) is 0 Å². The van der Waals surface area contributed by atoms with E-state index in [1.54, 1.807) is 70.2 Å². The lowest BCUT2D eigenvalue weighted by Crippen LogP contribution is -2.61. The number of nitrogens with zero attached hydrogens (tertiary/aromatic N) is 4. The van der Waals surface area contributed by atoms with Gasteiger partial charge in [-0.1, -0.05) is 76.6 Å². The van der Waals surface area contributed by atoms with Crippen LogP contribution in [-0.4, -0.2) is 197 Å². The minimum absolute atomic E-state index is 0.00596. The molecule has 35 heteroatoms. The molecule has 526 valence electrons. The van der Waals surface area contributed by atoms with E-state index in [9.17, 15) is 57.8 Å². The van der Waals surface area contributed by atoms with Crippen LogP contribution in [0.3, 0.4) is 0 Å². The number of nitrogens with two attached hydrogens (primary N) is 8. The van der Waals surface area contributed by atoms with Gasteiger partial charge in [0.05, 0.1) is 19.1 Å². The highest BCUT2D eigenvalue weighted by Gasteiger charge is 2.41. The topological polar surface area (TPSA) is 565 Å². The second-order valence-corrected chi connectivity index (χ2v) is 25.2. The average Bonchev–Trinajstić information content (AvgIpc) is 1.77. The summed E-state index contributed by atoms with van der Waals surface area (Å²) in [7, 11) is 0. The van der Waals surface area contributed by atoms with Crippen molar-refractivity contribution in [2.24, 2.45) is 66.8 Å². The summed E-state index contributed by atoms with van der Waals surface area (Å²) in [6.45, 7) is 5.77. The molecule has 0 bridgehead atoms. The maximum atomic E-state index is 14.7. The Bertz CT molecular complexity index is 3000. The van der Waals surface area contributed by atoms with E-state index in [4.69, 9.17) is 45.9 Å². The average molecular weight is 1370 g/mol. The number of aliphatic imine (C=N–C) groups is 3. The van der Waals surface area contributed by atoms with Gasteiger partial charge in [0.25, 0.3) is 0 Å². The van der Waals surface area contributed by atoms with Gasteiger partial charge in [0.15, 0.2) is 17.9 Å². The number of benzene rings is 2. The zero-order valence-corrected chi connectivity index (χ0v) is 55.9. The largest absolute Gasteiger partial charge is 0.508 e. The molecule has 0 spiro atoms. The second-order valence-electron chi connectivity index (χ2n) is 23.6. The first-order valence-electron chi connectivity index (χ1n) is 31.1. The SMILES string of the molecule is CC[C@H](C)[C@H](NC(=O)[C@H](CCCN=C(N)N)NC(=O)[C@H](CCCN=C(N)N)NC(=O)[C@H](CC(C)(C)S)NC(=O)[C@H](Cc1ccccc1)NC(=O)CNC(=O)CNC(=O)[C@@H](N)Cc1ccc(O)cc1)C(=O)N[C@@H](CCCN=C(N)N)C(=O)N1CCC[C@H]1C(=O)N[C@@H](CS)C(N)=O. The van der Waals surface area contributed by atoms with Gasteiger partial charge in [0.1, 0.15) is 54.1 Å². The van der Waals surface area contributed by atoms with Crippen LogP contribution in [0.2, 0.25) is 0 Å². The fraction of sp³-hybridized carbons (Fsp3) is 0.567. The molecular weight excluding hydrogens is 1270 g/mol. The number of hydrogen-bond acceptors (Lipinski definition) is 18. The summed E-state index contributed by atoms with van der Waals surface area (Å²) in [5.74, 6) is -10.0. The number of phenolic OH excluding ortho intramolecular Hbond substituents is 1. The van der Waals surface area contributed by atoms with Gasteiger partial charge in [-0.25, -0.2) is 0 Å². The van der Waals surface area contributed by atoms with Gasteiger partial charge >= 0.3 is 0 Å². The molecular formula is C60H97N21O12S2. The molecule has 3 rings (SSSR count). The van der Waals surface area contributed by atoms with Crippen molar-refractivity contribution >= 4 is 108 Å². The number of guanidine groups is 3. The summed E-state index contributed by atoms with van der Waals surface area (Å²) >= 11 is 8.76. The number of carbonyl (C=O) groups excluding carboxylic acids is 11. The number of rotatable bonds is 41. The van der Waals surface area contributed by atoms with E-state index in [0.717, 1.165) is 0 Å². The van der Waals surface area contributed by atoms with Crippen molar-refractivity contribution in [2.45, 2.75) is 164 Å². The van der Waals surface area contributed by atoms with Crippen LogP contribution >= 0.6 is 25.3 Å². The molecule has 0 saturated carbocycles. The normalized spacial score (nSPS) is 15.5. The van der Waals surface area contributed by atoms with Crippen LogP contribution < -0.4 is 93.7 Å². The Hall–Kier alpha value is -9.12. The number of aromatic hydroxyl groups is 1. The van der Waals surface area contributed by atoms with Crippen molar-refractivity contribution in [1.82, 2.24) is 52.8 Å². The molecule has 1 aliphatic heterocycles. The zero-order chi connectivity index (χ0) is 71.0. The van der Waals surface area contributed by atoms with E-state index in [1.165, 1.54) is 17.0 Å². The van der Waals surface area contributed by atoms with E-state index < -0.39 is 143 Å². The first-order valence-corrected chi connectivity index (χ1v) is 32.2. The van der Waals surface area contributed by atoms with E-state index >= 15 is 0 Å². The molecule has 1 saturated heterocycles. The van der Waals surface area contributed by atoms with Gasteiger partial charge in [0, 0.05) is 43.1 Å². The first kappa shape index (κ1) is 80.1. The Labute approximate surface area is 563 Å². The van der Waals surface area contributed by atoms with Gasteiger partial charge in [-0.2, -0.15) is 25.3 Å². The number of likely N-dealkylation sites (tertiary alicyclic amines) is 1. The van der Waals surface area contributed by atoms with Crippen molar-refractivity contribution in [1.29, 1.82) is 0 Å². The molecule has 95 heavy (non-hydrogen) atoms. The second kappa shape index (κ2) is 40.9. The molecule has 0 aromatic heterocycles. The first-order chi connectivity index (χ1) is 44.8. The van der Waals surface area contributed by atoms with E-state index in [2.05, 4.69) is 88.1 Å². The fourth-order valence-electron chi connectivity index (χ4n) is 9.85. The standard InChI is InChI=1S/C60H97N21O12S2/c1-5-33(2)47(55(92)77-40(17-11-25-71-59(67)68)56(93)81-26-12-18-44(81)54(91)79-43(32-94)48(62)85)80-51(88)39(16-10-24-70-58(65)66)75-50(87)38(15-9-23-69-57(63)64)76-53(90)42(29-60(3,4)95)78-52(89)41(28-34-13-7-6-8-14-34)74-46(84)31-72-45(83)30-73-49(86)37(61)27-35-19-21-36(82)22-20-35/h6-8,13-14,19-22,33,37-44,47,82,94-95H,5,9-12,15-18,23-32,61H2,1-4H3,(H2,62,85)(H,72,83)(H,73,86)(H,74,84)(H,75,87)(H,76,90)(H,77,92)(H,78,89)(H,79,91)(H,80,88)(H4,63,64,69)(H4,65,66,70)(H4,67,68,71)/t33-,37-,38-,39-,40-,41-,42-,43-,44-,47-/m0/s1. The van der Waals surface area contributed by atoms with E-state index in [-0.39, 0.29) is 120 Å². The molecule has 0 unspecified atom stereocenters. The summed E-state index contributed by atoms with van der Waals surface area (Å²) in [5, 5.41) is 33.2. The van der Waals surface area contributed by atoms with Gasteiger partial charge in [-0.3, -0.25) is 67.7 Å². The molecule has 1 aliphatic rings. The van der Waals surface area contributed by atoms with Crippen molar-refractivity contribution in [3.8, 4) is 5.75 Å². The predicted octanol–water partition coefficient (Wildman–Crippen LogP) is -5.16. The fourth-order valence-corrected chi connectivity index (χ4v) is 10.3. The Kier molecular flexibility index (Phi) is 34.5. The van der Waals surface area contributed by atoms with Crippen LogP contribution in [0.5, 0.6) is 5.75 Å². The molecule has 33 nitrogen and oxygen atoms in total. The maximum absolute atomic E-state index is 14.7. The van der Waals surface area contributed by atoms with Gasteiger partial charge < -0.3 is 104 Å². The third kappa shape index (κ3) is 30.2. The lowest BCUT2D eigenvalue weighted by Gasteiger charge is -2.32. The molecule has 1 heterocycles. The molecule has 11 amide bonds. The number of thiol groups is 2. The summed E-state index contributed by atoms with van der Waals surface area (Å²) < 4.78 is -0.970. The molecule has 2 aromatic rings. The van der Waals surface area contributed by atoms with Crippen LogP contribution in [0.1, 0.15) is 103 Å². The smallest absolute Gasteiger partial charge is 0.245 e. The number of hydrogen-bond donors (Lipinski definition) is 20. The maximum Gasteiger partial charge on any atom is 0.245 e. The third-order valence-electron chi connectivity index (χ3n) is 15.1. The van der Waals surface area contributed by atoms with Crippen LogP contribution in [-0.2, 0) is 65.6 Å². The van der Waals surface area contributed by atoms with E-state index in [0.29, 0.717) is 24.0 Å². The minimum Gasteiger partial charge on any atom is -0.508 e. The molecule has 0 radical (unpaired) electrons. The zero-order valence-electron chi connectivity index (χ0n) is 54.1. The minimum atomic E-state index is -1.47. The lowest BCUT2D eigenvalue weighted by molar-refractivity contribution is -0.142. The Morgan fingerprint density at radius 2 is 1.07 bits per heavy atom. The highest BCUT2D eigenvalue weighted by Crippen LogP contribution is 2.23. The number of amides is 11. The molecule has 10 atom stereocenters. The highest BCUT2D eigenvalue weighted by atomic mass is 32.1. The van der Waals surface area contributed by atoms with Crippen LogP contribution in [0.25, 0.3) is 0 Å². The number of carbonyl (C=O) groups is 11. The summed E-state index contributed by atoms with van der Waals surface area (Å²) in [6.07, 6.45) is 0.873. The lowest BCUT2D eigenvalue weighted by atomic mass is 9.96. The number of primary amides is 1. The van der Waals surface area contributed by atoms with Crippen molar-refractivity contribution in [3.05, 3.63) is 65.7 Å². The molecule has 2 aromatic carbocycles. The summed E-state index contributed by atoms with van der Waals surface area (Å²) in [4.78, 5) is 165. The highest BCUT2D eigenvalue weighted by molar-refractivity contribution is 7.81. The van der Waals surface area contributed by atoms with Crippen LogP contribution in [0.4, 0.5) is 0 Å². The van der Waals surface area contributed by atoms with Crippen molar-refractivity contribution in [2.75, 3.05) is 45.0 Å². The number of nitrogens with one attached hydrogen (secondary N) is 9. The van der Waals surface area contributed by atoms with Gasteiger partial charge in [-0.15, -0.1) is 0 Å². The number of phenols is 1. The van der Waals surface area contributed by atoms with Gasteiger partial charge in [0.2, 0.25) is 65.0 Å². The van der Waals surface area contributed by atoms with Gasteiger partial charge in [-0.05, 0) is 93.4 Å². The van der Waals surface area contributed by atoms with E-state index in [1.807, 2.05) is 0 Å². The quantitative estimate of drug-likeness (QED) is 0.0128. The summed E-state index contributed by atoms with van der Waals surface area (Å²) in [6, 6.07) is 3.07. The third-order valence-corrected chi connectivity index (χ3v) is 15.6. The van der Waals surface area contributed by atoms with Crippen molar-refractivity contribution < 1.29 is 57.8 Å². The Morgan fingerprint density at radius 3 is 1.59 bits per heavy atom. The predicted molar refractivity (Wildman–Crippen MR) is 364 cm³/mol. The Balaban J connectivity index is 1.94. The molecule has 1 fully saturated rings. The van der Waals surface area contributed by atoms with Crippen LogP contribution in [0, 0.1) is 5.92 Å². The van der Waals surface area contributed by atoms with Crippen LogP contribution in [0.15, 0.2) is 69.6 Å². The molecule has 0 aliphatic carbocycles. The molecule has 26 N–H and O–H groups in total. The monoisotopic (exact) mass is 1370 g/mol. The summed E-state index contributed by atoms with van der Waals surface area (Å²) in [5.41, 5.74) is 46.3. The Morgan fingerprint density at radius 1 is 0.589 bits per heavy atom.